The summed E-state index contributed by atoms with van der Waals surface area (Å²) in [6.45, 7) is 0. The van der Waals surface area contributed by atoms with Gasteiger partial charge in [-0.25, -0.2) is 4.98 Å². The van der Waals surface area contributed by atoms with E-state index in [0.29, 0.717) is 16.6 Å². The lowest BCUT2D eigenvalue weighted by atomic mass is 10.0. The second kappa shape index (κ2) is 4.87. The van der Waals surface area contributed by atoms with Gasteiger partial charge in [0.1, 0.15) is 11.6 Å². The molecule has 2 heterocycles. The normalized spacial score (nSPS) is 11.8. The summed E-state index contributed by atoms with van der Waals surface area (Å²) >= 11 is 0. The van der Waals surface area contributed by atoms with Crippen molar-refractivity contribution in [1.82, 2.24) is 9.97 Å². The number of nitrogens with two attached hydrogens (primary N) is 2. The van der Waals surface area contributed by atoms with Crippen LogP contribution in [0.15, 0.2) is 42.6 Å². The third-order valence-corrected chi connectivity index (χ3v) is 3.31. The molecule has 4 N–H and O–H groups in total. The predicted octanol–water partition coefficient (Wildman–Crippen LogP) is 3.48. The summed E-state index contributed by atoms with van der Waals surface area (Å²) in [4.78, 5) is 8.08. The van der Waals surface area contributed by atoms with Gasteiger partial charge in [-0.15, -0.1) is 0 Å². The van der Waals surface area contributed by atoms with Crippen LogP contribution in [0.4, 0.5) is 24.8 Å². The van der Waals surface area contributed by atoms with E-state index in [1.165, 1.54) is 24.4 Å². The van der Waals surface area contributed by atoms with Gasteiger partial charge in [-0.3, -0.25) is 4.98 Å². The molecule has 112 valence electrons. The monoisotopic (exact) mass is 304 g/mol. The lowest BCUT2D eigenvalue weighted by Crippen LogP contribution is -2.06. The zero-order valence-electron chi connectivity index (χ0n) is 11.2. The molecule has 0 aliphatic carbocycles. The van der Waals surface area contributed by atoms with Gasteiger partial charge >= 0.3 is 6.18 Å². The highest BCUT2D eigenvalue weighted by Crippen LogP contribution is 2.37. The van der Waals surface area contributed by atoms with Crippen molar-refractivity contribution in [1.29, 1.82) is 0 Å². The van der Waals surface area contributed by atoms with E-state index in [2.05, 4.69) is 9.97 Å². The quantitative estimate of drug-likeness (QED) is 0.721. The molecule has 3 rings (SSSR count). The van der Waals surface area contributed by atoms with Gasteiger partial charge < -0.3 is 11.5 Å². The fourth-order valence-electron chi connectivity index (χ4n) is 2.36. The van der Waals surface area contributed by atoms with E-state index in [1.54, 1.807) is 12.1 Å². The minimum atomic E-state index is -4.44. The van der Waals surface area contributed by atoms with Gasteiger partial charge in [-0.2, -0.15) is 13.2 Å². The van der Waals surface area contributed by atoms with Crippen LogP contribution in [-0.4, -0.2) is 9.97 Å². The highest BCUT2D eigenvalue weighted by molar-refractivity contribution is 5.98. The van der Waals surface area contributed by atoms with Crippen molar-refractivity contribution in [3.8, 4) is 11.3 Å². The predicted molar refractivity (Wildman–Crippen MR) is 78.8 cm³/mol. The molecule has 0 amide bonds. The smallest absolute Gasteiger partial charge is 0.384 e. The molecule has 0 aliphatic heterocycles. The van der Waals surface area contributed by atoms with Crippen LogP contribution in [-0.2, 0) is 6.18 Å². The Kier molecular flexibility index (Phi) is 3.13. The number of hydrogen-bond acceptors (Lipinski definition) is 4. The lowest BCUT2D eigenvalue weighted by Gasteiger charge is -2.13. The van der Waals surface area contributed by atoms with Gasteiger partial charge in [0.2, 0.25) is 0 Å². The summed E-state index contributed by atoms with van der Waals surface area (Å²) in [5.74, 6) is 0.356. The maximum atomic E-state index is 13.1. The molecule has 0 saturated heterocycles. The van der Waals surface area contributed by atoms with Crippen LogP contribution in [0.1, 0.15) is 5.56 Å². The van der Waals surface area contributed by atoms with Crippen molar-refractivity contribution in [2.45, 2.75) is 6.18 Å². The van der Waals surface area contributed by atoms with Crippen molar-refractivity contribution < 1.29 is 13.2 Å². The first-order valence-electron chi connectivity index (χ1n) is 6.35. The molecule has 7 heteroatoms. The largest absolute Gasteiger partial charge is 0.417 e. The Morgan fingerprint density at radius 1 is 0.909 bits per heavy atom. The zero-order valence-corrected chi connectivity index (χ0v) is 11.2. The van der Waals surface area contributed by atoms with Gasteiger partial charge in [0.15, 0.2) is 0 Å². The van der Waals surface area contributed by atoms with Gasteiger partial charge in [-0.05, 0) is 29.7 Å². The van der Waals surface area contributed by atoms with Crippen molar-refractivity contribution in [3.63, 3.8) is 0 Å². The van der Waals surface area contributed by atoms with E-state index in [4.69, 9.17) is 11.5 Å². The molecule has 0 aliphatic rings. The first-order valence-corrected chi connectivity index (χ1v) is 6.35. The number of pyridine rings is 2. The maximum Gasteiger partial charge on any atom is 0.417 e. The summed E-state index contributed by atoms with van der Waals surface area (Å²) in [6.07, 6.45) is -3.12. The van der Waals surface area contributed by atoms with Crippen molar-refractivity contribution in [2.75, 3.05) is 11.5 Å². The molecule has 0 atom stereocenters. The third-order valence-electron chi connectivity index (χ3n) is 3.31. The second-order valence-electron chi connectivity index (χ2n) is 4.73. The number of benzene rings is 1. The second-order valence-corrected chi connectivity index (χ2v) is 4.73. The number of alkyl halides is 3. The topological polar surface area (TPSA) is 77.8 Å². The number of rotatable bonds is 1. The van der Waals surface area contributed by atoms with E-state index in [9.17, 15) is 13.2 Å². The molecule has 4 nitrogen and oxygen atoms in total. The van der Waals surface area contributed by atoms with E-state index in [-0.39, 0.29) is 17.0 Å². The fourth-order valence-corrected chi connectivity index (χ4v) is 2.36. The Morgan fingerprint density at radius 2 is 1.68 bits per heavy atom. The van der Waals surface area contributed by atoms with E-state index < -0.39 is 11.7 Å². The number of fused-ring (bicyclic) bond motifs is 1. The average molecular weight is 304 g/mol. The Labute approximate surface area is 123 Å². The number of aromatic nitrogens is 2. The van der Waals surface area contributed by atoms with Gasteiger partial charge in [0.05, 0.1) is 11.3 Å². The van der Waals surface area contributed by atoms with Crippen LogP contribution in [0.2, 0.25) is 0 Å². The zero-order chi connectivity index (χ0) is 15.9. The lowest BCUT2D eigenvalue weighted by molar-refractivity contribution is -0.136. The molecule has 0 radical (unpaired) electrons. The van der Waals surface area contributed by atoms with Crippen LogP contribution >= 0.6 is 0 Å². The molecule has 0 fully saturated rings. The van der Waals surface area contributed by atoms with Crippen molar-refractivity contribution in [2.24, 2.45) is 0 Å². The first kappa shape index (κ1) is 14.1. The van der Waals surface area contributed by atoms with Crippen LogP contribution in [0.5, 0.6) is 0 Å². The fraction of sp³-hybridized carbons (Fsp3) is 0.0667. The third kappa shape index (κ3) is 2.30. The molecule has 0 bridgehead atoms. The molecule has 3 aromatic rings. The highest BCUT2D eigenvalue weighted by atomic mass is 19.4. The van der Waals surface area contributed by atoms with Crippen LogP contribution in [0.3, 0.4) is 0 Å². The molecular weight excluding hydrogens is 293 g/mol. The minimum Gasteiger partial charge on any atom is -0.384 e. The minimum absolute atomic E-state index is 0.0659. The van der Waals surface area contributed by atoms with Crippen LogP contribution in [0.25, 0.3) is 22.0 Å². The molecule has 2 aromatic heterocycles. The molecule has 1 aromatic carbocycles. The number of nitrogens with zero attached hydrogens (tertiary/aromatic N) is 2. The Balaban J connectivity index is 2.33. The Morgan fingerprint density at radius 3 is 2.36 bits per heavy atom. The van der Waals surface area contributed by atoms with E-state index in [0.717, 1.165) is 6.07 Å². The average Bonchev–Trinajstić information content (AvgIpc) is 2.45. The van der Waals surface area contributed by atoms with Gasteiger partial charge in [0.25, 0.3) is 0 Å². The van der Waals surface area contributed by atoms with Crippen molar-refractivity contribution in [3.05, 3.63) is 48.2 Å². The molecular formula is C15H11F3N4. The summed E-state index contributed by atoms with van der Waals surface area (Å²) in [7, 11) is 0. The first-order chi connectivity index (χ1) is 10.4. The summed E-state index contributed by atoms with van der Waals surface area (Å²) in [6, 6.07) is 8.42. The standard InChI is InChI=1S/C15H11F3N4/c16-15(17,18)11-3-1-2-9-8(11)6-7-21-13(9)10-4-5-12(19)22-14(10)20/h1-7H,(H4,19,20,22). The van der Waals surface area contributed by atoms with Crippen LogP contribution < -0.4 is 11.5 Å². The summed E-state index contributed by atoms with van der Waals surface area (Å²) in [5.41, 5.74) is 11.4. The van der Waals surface area contributed by atoms with Crippen molar-refractivity contribution >= 4 is 22.4 Å². The molecule has 0 saturated carbocycles. The molecule has 0 unspecified atom stereocenters. The number of halogens is 3. The summed E-state index contributed by atoms with van der Waals surface area (Å²) < 4.78 is 39.3. The highest BCUT2D eigenvalue weighted by Gasteiger charge is 2.32. The number of hydrogen-bond donors (Lipinski definition) is 2. The summed E-state index contributed by atoms with van der Waals surface area (Å²) in [5, 5.41) is 0.423. The molecule has 22 heavy (non-hydrogen) atoms. The number of nitrogen functional groups attached to an aromatic ring is 2. The van der Waals surface area contributed by atoms with Gasteiger partial charge in [-0.1, -0.05) is 12.1 Å². The number of anilines is 2. The SMILES string of the molecule is Nc1ccc(-c2nccc3c(C(F)(F)F)cccc23)c(N)n1. The van der Waals surface area contributed by atoms with Crippen LogP contribution in [0, 0.1) is 0 Å². The van der Waals surface area contributed by atoms with E-state index in [1.807, 2.05) is 0 Å². The molecule has 0 spiro atoms. The Hall–Kier alpha value is -2.83. The Bertz CT molecular complexity index is 859. The van der Waals surface area contributed by atoms with Gasteiger partial charge in [0, 0.05) is 17.1 Å². The maximum absolute atomic E-state index is 13.1. The van der Waals surface area contributed by atoms with E-state index >= 15 is 0 Å².